The minimum Gasteiger partial charge on any atom is -0.326 e. The number of nitrogens with zero attached hydrogens (tertiary/aromatic N) is 1. The average Bonchev–Trinajstić information content (AvgIpc) is 2.08. The molecule has 9 heavy (non-hydrogen) atoms. The van der Waals surface area contributed by atoms with Gasteiger partial charge < -0.3 is 4.74 Å². The van der Waals surface area contributed by atoms with E-state index in [1.165, 1.54) is 0 Å². The summed E-state index contributed by atoms with van der Waals surface area (Å²) < 4.78 is 38.4. The highest BCUT2D eigenvalue weighted by Crippen LogP contribution is 2.24. The van der Waals surface area contributed by atoms with Crippen LogP contribution < -0.4 is 0 Å². The Kier molecular flexibility index (Phi) is 1.44. The molecule has 1 aliphatic heterocycles. The normalized spacial score (nSPS) is 27.2. The van der Waals surface area contributed by atoms with Crippen molar-refractivity contribution in [1.82, 2.24) is 0 Å². The first kappa shape index (κ1) is 6.54. The summed E-state index contributed by atoms with van der Waals surface area (Å²) >= 11 is 0. The average molecular weight is 137 g/mol. The minimum atomic E-state index is -4.35. The van der Waals surface area contributed by atoms with Gasteiger partial charge in [0.25, 0.3) is 6.73 Å². The highest BCUT2D eigenvalue weighted by molar-refractivity contribution is 5.66. The lowest BCUT2D eigenvalue weighted by atomic mass is 10.4. The van der Waals surface area contributed by atoms with Crippen molar-refractivity contribution >= 4 is 6.21 Å². The number of rotatable bonds is 0. The third-order valence-corrected chi connectivity index (χ3v) is 0.765. The standard InChI is InChI=1S/C4H2F3NO/c5-4(6,7)3-1-8-2-9-3/h1,3H. The van der Waals surface area contributed by atoms with Gasteiger partial charge >= 0.3 is 6.18 Å². The van der Waals surface area contributed by atoms with Crippen LogP contribution in [0.25, 0.3) is 0 Å². The summed E-state index contributed by atoms with van der Waals surface area (Å²) in [6.07, 6.45) is -5.59. The lowest BCUT2D eigenvalue weighted by molar-refractivity contribution is -0.183. The van der Waals surface area contributed by atoms with Gasteiger partial charge in [0.15, 0.2) is 6.10 Å². The van der Waals surface area contributed by atoms with Crippen LogP contribution in [0.5, 0.6) is 0 Å². The summed E-state index contributed by atoms with van der Waals surface area (Å²) in [4.78, 5) is 3.01. The second kappa shape index (κ2) is 1.98. The topological polar surface area (TPSA) is 21.6 Å². The molecule has 1 heterocycles. The van der Waals surface area contributed by atoms with Crippen molar-refractivity contribution in [3.05, 3.63) is 6.73 Å². The van der Waals surface area contributed by atoms with Gasteiger partial charge in [0.2, 0.25) is 0 Å². The Labute approximate surface area is 49.3 Å². The summed E-state index contributed by atoms with van der Waals surface area (Å²) in [5, 5.41) is 0. The molecule has 0 spiro atoms. The van der Waals surface area contributed by atoms with Crippen LogP contribution in [-0.2, 0) is 4.74 Å². The van der Waals surface area contributed by atoms with E-state index in [-0.39, 0.29) is 0 Å². The van der Waals surface area contributed by atoms with Crippen LogP contribution in [0.15, 0.2) is 4.99 Å². The maximum Gasteiger partial charge on any atom is 0.419 e. The van der Waals surface area contributed by atoms with Crippen LogP contribution in [0.1, 0.15) is 0 Å². The number of aliphatic imine (C=N–C) groups is 1. The molecular formula is C4H2F3NO. The number of ether oxygens (including phenoxy) is 1. The maximum atomic E-state index is 11.5. The molecule has 0 aromatic rings. The molecule has 1 aliphatic rings. The van der Waals surface area contributed by atoms with Gasteiger partial charge in [0.1, 0.15) is 0 Å². The summed E-state index contributed by atoms with van der Waals surface area (Å²) in [6, 6.07) is 0. The molecule has 2 nitrogen and oxygen atoms in total. The van der Waals surface area contributed by atoms with Crippen molar-refractivity contribution in [3.63, 3.8) is 0 Å². The van der Waals surface area contributed by atoms with Crippen molar-refractivity contribution in [1.29, 1.82) is 0 Å². The van der Waals surface area contributed by atoms with Gasteiger partial charge in [-0.3, -0.25) is 4.99 Å². The van der Waals surface area contributed by atoms with E-state index in [1.54, 1.807) is 6.73 Å². The molecule has 0 aliphatic carbocycles. The van der Waals surface area contributed by atoms with Crippen LogP contribution in [0.2, 0.25) is 0 Å². The summed E-state index contributed by atoms with van der Waals surface area (Å²) in [6.45, 7) is 1.73. The Morgan fingerprint density at radius 3 is 2.44 bits per heavy atom. The first-order valence-electron chi connectivity index (χ1n) is 2.11. The van der Waals surface area contributed by atoms with Crippen LogP contribution in [0.4, 0.5) is 13.2 Å². The zero-order valence-corrected chi connectivity index (χ0v) is 4.14. The molecule has 2 radical (unpaired) electrons. The Morgan fingerprint density at radius 1 is 1.56 bits per heavy atom. The molecule has 50 valence electrons. The monoisotopic (exact) mass is 137 g/mol. The molecular weight excluding hydrogens is 135 g/mol. The van der Waals surface area contributed by atoms with Gasteiger partial charge in [-0.1, -0.05) is 0 Å². The van der Waals surface area contributed by atoms with Gasteiger partial charge in [0.05, 0.1) is 0 Å². The lowest BCUT2D eigenvalue weighted by Gasteiger charge is -2.09. The number of hydrogen-bond acceptors (Lipinski definition) is 2. The third-order valence-electron chi connectivity index (χ3n) is 0.765. The van der Waals surface area contributed by atoms with Gasteiger partial charge in [0, 0.05) is 6.21 Å². The molecule has 0 amide bonds. The molecule has 1 rings (SSSR count). The molecule has 0 aromatic carbocycles. The van der Waals surface area contributed by atoms with Crippen molar-refractivity contribution in [2.45, 2.75) is 12.3 Å². The second-order valence-electron chi connectivity index (χ2n) is 1.45. The Balaban J connectivity index is 2.53. The summed E-state index contributed by atoms with van der Waals surface area (Å²) in [7, 11) is 0. The molecule has 0 N–H and O–H groups in total. The van der Waals surface area contributed by atoms with E-state index in [1.807, 2.05) is 0 Å². The van der Waals surface area contributed by atoms with E-state index in [0.717, 1.165) is 0 Å². The Hall–Kier alpha value is -0.580. The molecule has 1 unspecified atom stereocenters. The molecule has 5 heteroatoms. The molecule has 0 fully saturated rings. The first-order chi connectivity index (χ1) is 4.11. The molecule has 1 atom stereocenters. The van der Waals surface area contributed by atoms with Crippen molar-refractivity contribution in [3.8, 4) is 0 Å². The summed E-state index contributed by atoms with van der Waals surface area (Å²) in [5.74, 6) is 0. The van der Waals surface area contributed by atoms with E-state index in [4.69, 9.17) is 0 Å². The lowest BCUT2D eigenvalue weighted by Crippen LogP contribution is -2.29. The fraction of sp³-hybridized carbons (Fsp3) is 0.500. The van der Waals surface area contributed by atoms with Crippen LogP contribution >= 0.6 is 0 Å². The van der Waals surface area contributed by atoms with Crippen molar-refractivity contribution in [2.75, 3.05) is 0 Å². The fourth-order valence-electron chi connectivity index (χ4n) is 0.367. The van der Waals surface area contributed by atoms with E-state index in [0.29, 0.717) is 6.21 Å². The third kappa shape index (κ3) is 1.41. The largest absolute Gasteiger partial charge is 0.419 e. The maximum absolute atomic E-state index is 11.5. The Bertz CT molecular complexity index is 130. The van der Waals surface area contributed by atoms with Crippen LogP contribution in [-0.4, -0.2) is 18.5 Å². The predicted molar refractivity (Wildman–Crippen MR) is 22.7 cm³/mol. The van der Waals surface area contributed by atoms with E-state index >= 15 is 0 Å². The number of hydrogen-bond donors (Lipinski definition) is 0. The second-order valence-corrected chi connectivity index (χ2v) is 1.45. The number of alkyl halides is 3. The van der Waals surface area contributed by atoms with E-state index in [2.05, 4.69) is 9.73 Å². The fourth-order valence-corrected chi connectivity index (χ4v) is 0.367. The highest BCUT2D eigenvalue weighted by Gasteiger charge is 2.41. The van der Waals surface area contributed by atoms with Crippen molar-refractivity contribution < 1.29 is 17.9 Å². The minimum absolute atomic E-state index is 0.653. The molecule has 0 bridgehead atoms. The summed E-state index contributed by atoms with van der Waals surface area (Å²) in [5.41, 5.74) is 0. The highest BCUT2D eigenvalue weighted by atomic mass is 19.4. The first-order valence-corrected chi connectivity index (χ1v) is 2.11. The van der Waals surface area contributed by atoms with E-state index < -0.39 is 12.3 Å². The van der Waals surface area contributed by atoms with Gasteiger partial charge in [-0.05, 0) is 0 Å². The molecule has 0 aromatic heterocycles. The van der Waals surface area contributed by atoms with Gasteiger partial charge in [-0.25, -0.2) is 0 Å². The smallest absolute Gasteiger partial charge is 0.326 e. The van der Waals surface area contributed by atoms with E-state index in [9.17, 15) is 13.2 Å². The van der Waals surface area contributed by atoms with Gasteiger partial charge in [-0.2, -0.15) is 13.2 Å². The predicted octanol–water partition coefficient (Wildman–Crippen LogP) is 1.01. The van der Waals surface area contributed by atoms with Gasteiger partial charge in [-0.15, -0.1) is 0 Å². The Morgan fingerprint density at radius 2 is 2.22 bits per heavy atom. The zero-order chi connectivity index (χ0) is 6.91. The SMILES string of the molecule is FC(F)(F)C1C=N[C]O1. The molecule has 0 saturated carbocycles. The number of halogens is 3. The van der Waals surface area contributed by atoms with Crippen LogP contribution in [0.3, 0.4) is 0 Å². The quantitative estimate of drug-likeness (QED) is 0.488. The van der Waals surface area contributed by atoms with Crippen LogP contribution in [0, 0.1) is 6.73 Å². The molecule has 0 saturated heterocycles. The zero-order valence-electron chi connectivity index (χ0n) is 4.14. The van der Waals surface area contributed by atoms with Crippen molar-refractivity contribution in [2.24, 2.45) is 4.99 Å².